The molecule has 0 amide bonds. The average molecular weight is 238 g/mol. The van der Waals surface area contributed by atoms with Gasteiger partial charge in [0.05, 0.1) is 0 Å². The Kier molecular flexibility index (Phi) is 1.73. The highest BCUT2D eigenvalue weighted by atomic mass is 16.4. The Balaban J connectivity index is 1.84. The van der Waals surface area contributed by atoms with Gasteiger partial charge in [0.1, 0.15) is 11.2 Å². The van der Waals surface area contributed by atoms with Crippen molar-refractivity contribution in [2.45, 2.75) is 24.0 Å². The molecule has 2 nitrogen and oxygen atoms in total. The minimum atomic E-state index is -1.11. The molecule has 2 aliphatic carbocycles. The van der Waals surface area contributed by atoms with E-state index in [0.29, 0.717) is 12.8 Å². The van der Waals surface area contributed by atoms with E-state index in [1.54, 1.807) is 0 Å². The molecule has 2 N–H and O–H groups in total. The molecule has 0 spiro atoms. The smallest absolute Gasteiger partial charge is 0.127 e. The predicted octanol–water partition coefficient (Wildman–Crippen LogP) is 1.87. The third-order valence-corrected chi connectivity index (χ3v) is 4.50. The summed E-state index contributed by atoms with van der Waals surface area (Å²) >= 11 is 0. The van der Waals surface area contributed by atoms with Gasteiger partial charge in [0.25, 0.3) is 0 Å². The zero-order valence-corrected chi connectivity index (χ0v) is 9.93. The van der Waals surface area contributed by atoms with E-state index in [1.807, 2.05) is 48.5 Å². The van der Waals surface area contributed by atoms with E-state index in [4.69, 9.17) is 0 Å². The molecule has 0 fully saturated rings. The van der Waals surface area contributed by atoms with Crippen LogP contribution >= 0.6 is 0 Å². The number of rotatable bonds is 1. The Morgan fingerprint density at radius 2 is 1.06 bits per heavy atom. The van der Waals surface area contributed by atoms with E-state index in [2.05, 4.69) is 0 Å². The summed E-state index contributed by atoms with van der Waals surface area (Å²) in [6, 6.07) is 15.6. The third kappa shape index (κ3) is 0.972. The summed E-state index contributed by atoms with van der Waals surface area (Å²) in [6.45, 7) is 0. The zero-order valence-electron chi connectivity index (χ0n) is 9.93. The molecule has 0 heterocycles. The second-order valence-electron chi connectivity index (χ2n) is 5.39. The maximum atomic E-state index is 10.8. The zero-order chi connectivity index (χ0) is 12.4. The van der Waals surface area contributed by atoms with Crippen LogP contribution < -0.4 is 0 Å². The SMILES string of the molecule is OC1(C2(O)Cc3ccccc32)Cc2ccccc21. The molecule has 2 aromatic rings. The maximum absolute atomic E-state index is 10.8. The molecule has 2 unspecified atom stereocenters. The number of hydrogen-bond acceptors (Lipinski definition) is 2. The fraction of sp³-hybridized carbons (Fsp3) is 0.250. The molecule has 2 aliphatic rings. The Labute approximate surface area is 106 Å². The average Bonchev–Trinajstić information content (AvgIpc) is 2.36. The first-order chi connectivity index (χ1) is 8.65. The van der Waals surface area contributed by atoms with E-state index in [9.17, 15) is 10.2 Å². The molecule has 0 saturated heterocycles. The van der Waals surface area contributed by atoms with Crippen LogP contribution in [0.25, 0.3) is 0 Å². The van der Waals surface area contributed by atoms with E-state index in [-0.39, 0.29) is 0 Å². The molecular formula is C16H14O2. The van der Waals surface area contributed by atoms with Gasteiger partial charge in [0, 0.05) is 12.8 Å². The fourth-order valence-electron chi connectivity index (χ4n) is 3.42. The van der Waals surface area contributed by atoms with Crippen LogP contribution in [0.3, 0.4) is 0 Å². The van der Waals surface area contributed by atoms with Gasteiger partial charge >= 0.3 is 0 Å². The number of hydrogen-bond donors (Lipinski definition) is 2. The van der Waals surface area contributed by atoms with E-state index < -0.39 is 11.2 Å². The lowest BCUT2D eigenvalue weighted by Gasteiger charge is -2.55. The van der Waals surface area contributed by atoms with Crippen LogP contribution in [0.2, 0.25) is 0 Å². The molecule has 0 aliphatic heterocycles. The topological polar surface area (TPSA) is 40.5 Å². The summed E-state index contributed by atoms with van der Waals surface area (Å²) in [5, 5.41) is 21.7. The van der Waals surface area contributed by atoms with Crippen LogP contribution in [0.5, 0.6) is 0 Å². The van der Waals surface area contributed by atoms with Crippen molar-refractivity contribution in [1.29, 1.82) is 0 Å². The predicted molar refractivity (Wildman–Crippen MR) is 68.1 cm³/mol. The monoisotopic (exact) mass is 238 g/mol. The van der Waals surface area contributed by atoms with Crippen molar-refractivity contribution in [3.8, 4) is 0 Å². The quantitative estimate of drug-likeness (QED) is 0.796. The van der Waals surface area contributed by atoms with Gasteiger partial charge in [-0.05, 0) is 22.3 Å². The normalized spacial score (nSPS) is 31.9. The summed E-state index contributed by atoms with van der Waals surface area (Å²) in [7, 11) is 0. The van der Waals surface area contributed by atoms with Gasteiger partial charge in [-0.25, -0.2) is 0 Å². The van der Waals surface area contributed by atoms with Crippen LogP contribution in [0.15, 0.2) is 48.5 Å². The van der Waals surface area contributed by atoms with Crippen molar-refractivity contribution in [2.75, 3.05) is 0 Å². The second kappa shape index (κ2) is 3.02. The molecule has 4 rings (SSSR count). The van der Waals surface area contributed by atoms with Crippen molar-refractivity contribution in [2.24, 2.45) is 0 Å². The molecule has 2 atom stereocenters. The first kappa shape index (κ1) is 10.3. The Bertz CT molecular complexity index is 592. The van der Waals surface area contributed by atoms with Gasteiger partial charge in [-0.2, -0.15) is 0 Å². The van der Waals surface area contributed by atoms with Crippen molar-refractivity contribution in [3.05, 3.63) is 70.8 Å². The molecule has 2 heteroatoms. The molecule has 18 heavy (non-hydrogen) atoms. The number of aliphatic hydroxyl groups is 2. The van der Waals surface area contributed by atoms with Crippen molar-refractivity contribution < 1.29 is 10.2 Å². The van der Waals surface area contributed by atoms with Crippen LogP contribution in [-0.4, -0.2) is 10.2 Å². The van der Waals surface area contributed by atoms with E-state index >= 15 is 0 Å². The molecule has 90 valence electrons. The van der Waals surface area contributed by atoms with Gasteiger partial charge in [-0.3, -0.25) is 0 Å². The number of fused-ring (bicyclic) bond motifs is 2. The molecule has 0 radical (unpaired) electrons. The van der Waals surface area contributed by atoms with Gasteiger partial charge in [-0.1, -0.05) is 48.5 Å². The van der Waals surface area contributed by atoms with Gasteiger partial charge in [0.2, 0.25) is 0 Å². The lowest BCUT2D eigenvalue weighted by Crippen LogP contribution is -2.61. The fourth-order valence-corrected chi connectivity index (χ4v) is 3.42. The Hall–Kier alpha value is -1.64. The largest absolute Gasteiger partial charge is 0.381 e. The lowest BCUT2D eigenvalue weighted by molar-refractivity contribution is -0.191. The molecule has 0 saturated carbocycles. The van der Waals surface area contributed by atoms with Crippen LogP contribution in [0.1, 0.15) is 22.3 Å². The maximum Gasteiger partial charge on any atom is 0.127 e. The Morgan fingerprint density at radius 3 is 1.44 bits per heavy atom. The summed E-state index contributed by atoms with van der Waals surface area (Å²) in [6.07, 6.45) is 1.07. The van der Waals surface area contributed by atoms with E-state index in [1.165, 1.54) is 0 Å². The summed E-state index contributed by atoms with van der Waals surface area (Å²) in [4.78, 5) is 0. The molecule has 2 aromatic carbocycles. The summed E-state index contributed by atoms with van der Waals surface area (Å²) in [5.41, 5.74) is 1.80. The van der Waals surface area contributed by atoms with Crippen molar-refractivity contribution in [3.63, 3.8) is 0 Å². The Morgan fingerprint density at radius 1 is 0.667 bits per heavy atom. The summed E-state index contributed by atoms with van der Waals surface area (Å²) < 4.78 is 0. The summed E-state index contributed by atoms with van der Waals surface area (Å²) in [5.74, 6) is 0. The van der Waals surface area contributed by atoms with Gasteiger partial charge < -0.3 is 10.2 Å². The highest BCUT2D eigenvalue weighted by molar-refractivity contribution is 5.54. The standard InChI is InChI=1S/C16H14O2/c17-15(9-11-5-1-3-7-13(11)15)16(18)10-12-6-2-4-8-14(12)16/h1-8,17-18H,9-10H2. The molecule has 0 bridgehead atoms. The minimum Gasteiger partial charge on any atom is -0.381 e. The molecule has 0 aromatic heterocycles. The first-order valence-electron chi connectivity index (χ1n) is 6.27. The minimum absolute atomic E-state index is 0.536. The van der Waals surface area contributed by atoms with Crippen LogP contribution in [0, 0.1) is 0 Å². The van der Waals surface area contributed by atoms with Crippen LogP contribution in [-0.2, 0) is 24.0 Å². The molecular weight excluding hydrogens is 224 g/mol. The van der Waals surface area contributed by atoms with E-state index in [0.717, 1.165) is 22.3 Å². The number of benzene rings is 2. The van der Waals surface area contributed by atoms with Gasteiger partial charge in [-0.15, -0.1) is 0 Å². The lowest BCUT2D eigenvalue weighted by atomic mass is 9.55. The first-order valence-corrected chi connectivity index (χ1v) is 6.27. The second-order valence-corrected chi connectivity index (χ2v) is 5.39. The van der Waals surface area contributed by atoms with Crippen molar-refractivity contribution >= 4 is 0 Å². The highest BCUT2D eigenvalue weighted by Gasteiger charge is 2.61. The highest BCUT2D eigenvalue weighted by Crippen LogP contribution is 2.56. The third-order valence-electron chi connectivity index (χ3n) is 4.50. The van der Waals surface area contributed by atoms with Crippen LogP contribution in [0.4, 0.5) is 0 Å². The van der Waals surface area contributed by atoms with Gasteiger partial charge in [0.15, 0.2) is 0 Å². The van der Waals surface area contributed by atoms with Crippen molar-refractivity contribution in [1.82, 2.24) is 0 Å².